The highest BCUT2D eigenvalue weighted by Crippen LogP contribution is 2.24. The zero-order valence-electron chi connectivity index (χ0n) is 20.8. The molecule has 4 saturated heterocycles. The Hall–Kier alpha value is -4.85. The van der Waals surface area contributed by atoms with Gasteiger partial charge in [-0.2, -0.15) is 0 Å². The summed E-state index contributed by atoms with van der Waals surface area (Å²) in [5.74, 6) is -4.93. The Bertz CT molecular complexity index is 1140. The summed E-state index contributed by atoms with van der Waals surface area (Å²) in [6, 6.07) is 0. The van der Waals surface area contributed by atoms with E-state index in [1.807, 2.05) is 0 Å². The maximum atomic E-state index is 12.3. The quantitative estimate of drug-likeness (QED) is 0.195. The van der Waals surface area contributed by atoms with E-state index < -0.39 is 91.5 Å². The highest BCUT2D eigenvalue weighted by atomic mass is 16.9. The van der Waals surface area contributed by atoms with E-state index in [2.05, 4.69) is 14.5 Å². The van der Waals surface area contributed by atoms with Crippen molar-refractivity contribution in [2.45, 2.75) is 62.9 Å². The van der Waals surface area contributed by atoms with Crippen molar-refractivity contribution >= 4 is 53.9 Å². The van der Waals surface area contributed by atoms with Gasteiger partial charge in [-0.25, -0.2) is 14.4 Å². The molecule has 1 N–H and O–H groups in total. The van der Waals surface area contributed by atoms with E-state index >= 15 is 0 Å². The maximum absolute atomic E-state index is 12.3. The maximum Gasteiger partial charge on any atom is 0.534 e. The SMILES string of the molecule is O=C(OCC1OCC(OC(=O)ON2C(=O)CCC2=O)C(O)C1OC(=O)ON1C(=O)CCC1=O)ON1C(=O)CCC1=O. The summed E-state index contributed by atoms with van der Waals surface area (Å²) in [6.45, 7) is -1.47. The normalized spacial score (nSPS) is 26.4. The van der Waals surface area contributed by atoms with Crippen LogP contribution in [0.4, 0.5) is 14.4 Å². The fourth-order valence-corrected chi connectivity index (χ4v) is 3.89. The molecule has 20 heteroatoms. The predicted molar refractivity (Wildman–Crippen MR) is 114 cm³/mol. The lowest BCUT2D eigenvalue weighted by Gasteiger charge is -2.38. The van der Waals surface area contributed by atoms with Gasteiger partial charge in [0.15, 0.2) is 12.2 Å². The Morgan fingerprint density at radius 1 is 0.659 bits per heavy atom. The van der Waals surface area contributed by atoms with Gasteiger partial charge in [-0.15, -0.1) is 0 Å². The minimum Gasteiger partial charge on any atom is -0.430 e. The first kappa shape index (κ1) is 29.1. The zero-order chi connectivity index (χ0) is 29.8. The molecule has 0 aromatic carbocycles. The van der Waals surface area contributed by atoms with Crippen LogP contribution in [0.2, 0.25) is 0 Å². The lowest BCUT2D eigenvalue weighted by Crippen LogP contribution is -2.57. The number of carbonyl (C=O) groups excluding carboxylic acids is 9. The van der Waals surface area contributed by atoms with Crippen LogP contribution in [0.15, 0.2) is 0 Å². The Labute approximate surface area is 227 Å². The number of aliphatic hydroxyl groups is 1. The zero-order valence-corrected chi connectivity index (χ0v) is 20.8. The van der Waals surface area contributed by atoms with Crippen LogP contribution in [-0.2, 0) is 62.2 Å². The third-order valence-electron chi connectivity index (χ3n) is 5.92. The monoisotopic (exact) mass is 587 g/mol. The first-order valence-electron chi connectivity index (χ1n) is 11.9. The van der Waals surface area contributed by atoms with Crippen molar-refractivity contribution < 1.29 is 81.7 Å². The number of hydroxylamine groups is 6. The average Bonchev–Trinajstić information content (AvgIpc) is 3.53. The number of imide groups is 3. The number of hydrogen-bond donors (Lipinski definition) is 1. The molecule has 0 saturated carbocycles. The van der Waals surface area contributed by atoms with E-state index in [0.717, 1.165) is 0 Å². The van der Waals surface area contributed by atoms with Gasteiger partial charge in [-0.3, -0.25) is 43.3 Å². The summed E-state index contributed by atoms with van der Waals surface area (Å²) in [4.78, 5) is 120. The predicted octanol–water partition coefficient (Wildman–Crippen LogP) is -1.87. The molecule has 0 bridgehead atoms. The molecule has 4 heterocycles. The van der Waals surface area contributed by atoms with Crippen LogP contribution in [0.25, 0.3) is 0 Å². The molecule has 222 valence electrons. The highest BCUT2D eigenvalue weighted by Gasteiger charge is 2.47. The molecule has 4 atom stereocenters. The molecule has 0 aliphatic carbocycles. The molecule has 0 radical (unpaired) electrons. The van der Waals surface area contributed by atoms with E-state index in [1.165, 1.54) is 0 Å². The van der Waals surface area contributed by atoms with Gasteiger partial charge in [-0.1, -0.05) is 15.2 Å². The first-order valence-corrected chi connectivity index (χ1v) is 11.9. The molecule has 4 aliphatic rings. The fourth-order valence-electron chi connectivity index (χ4n) is 3.89. The van der Waals surface area contributed by atoms with Gasteiger partial charge in [0.2, 0.25) is 0 Å². The molecule has 4 rings (SSSR count). The summed E-state index contributed by atoms with van der Waals surface area (Å²) < 4.78 is 20.0. The van der Waals surface area contributed by atoms with Gasteiger partial charge in [0.25, 0.3) is 35.4 Å². The van der Waals surface area contributed by atoms with Gasteiger partial charge >= 0.3 is 18.5 Å². The number of nitrogens with zero attached hydrogens (tertiary/aromatic N) is 3. The summed E-state index contributed by atoms with van der Waals surface area (Å²) in [5, 5.41) is 11.3. The van der Waals surface area contributed by atoms with E-state index in [4.69, 9.17) is 18.9 Å². The second-order valence-electron chi connectivity index (χ2n) is 8.68. The average molecular weight is 587 g/mol. The van der Waals surface area contributed by atoms with Gasteiger partial charge in [0.1, 0.15) is 18.8 Å². The van der Waals surface area contributed by atoms with E-state index in [-0.39, 0.29) is 53.7 Å². The lowest BCUT2D eigenvalue weighted by molar-refractivity contribution is -0.223. The van der Waals surface area contributed by atoms with Gasteiger partial charge in [-0.05, 0) is 0 Å². The van der Waals surface area contributed by atoms with Crippen LogP contribution in [0.5, 0.6) is 0 Å². The van der Waals surface area contributed by atoms with Crippen molar-refractivity contribution in [3.63, 3.8) is 0 Å². The third-order valence-corrected chi connectivity index (χ3v) is 5.92. The number of ether oxygens (including phenoxy) is 4. The second-order valence-corrected chi connectivity index (χ2v) is 8.68. The topological polar surface area (TPSA) is 248 Å². The van der Waals surface area contributed by atoms with E-state index in [0.29, 0.717) is 0 Å². The molecule has 20 nitrogen and oxygen atoms in total. The van der Waals surface area contributed by atoms with Gasteiger partial charge < -0.3 is 24.1 Å². The summed E-state index contributed by atoms with van der Waals surface area (Å²) in [5.41, 5.74) is 0. The summed E-state index contributed by atoms with van der Waals surface area (Å²) in [6.07, 6.45) is -13.1. The minimum atomic E-state index is -1.97. The third kappa shape index (κ3) is 6.66. The van der Waals surface area contributed by atoms with Gasteiger partial charge in [0.05, 0.1) is 6.61 Å². The Kier molecular flexibility index (Phi) is 8.62. The summed E-state index contributed by atoms with van der Waals surface area (Å²) >= 11 is 0. The van der Waals surface area contributed by atoms with Crippen molar-refractivity contribution in [2.24, 2.45) is 0 Å². The van der Waals surface area contributed by atoms with Gasteiger partial charge in [0, 0.05) is 38.5 Å². The Balaban J connectivity index is 1.39. The molecular formula is C21H21N3O17. The largest absolute Gasteiger partial charge is 0.534 e. The van der Waals surface area contributed by atoms with Crippen molar-refractivity contribution in [3.05, 3.63) is 0 Å². The summed E-state index contributed by atoms with van der Waals surface area (Å²) in [7, 11) is 0. The van der Waals surface area contributed by atoms with Crippen LogP contribution in [0.1, 0.15) is 38.5 Å². The number of hydrogen-bond acceptors (Lipinski definition) is 17. The van der Waals surface area contributed by atoms with Crippen molar-refractivity contribution in [2.75, 3.05) is 13.2 Å². The number of amides is 6. The number of rotatable bonds is 7. The van der Waals surface area contributed by atoms with Crippen LogP contribution >= 0.6 is 0 Å². The highest BCUT2D eigenvalue weighted by molar-refractivity contribution is 6.02. The van der Waals surface area contributed by atoms with Crippen molar-refractivity contribution in [3.8, 4) is 0 Å². The van der Waals surface area contributed by atoms with Crippen molar-refractivity contribution in [1.29, 1.82) is 0 Å². The lowest BCUT2D eigenvalue weighted by atomic mass is 10.00. The molecule has 0 aromatic rings. The van der Waals surface area contributed by atoms with Crippen molar-refractivity contribution in [1.82, 2.24) is 15.2 Å². The van der Waals surface area contributed by atoms with E-state index in [9.17, 15) is 48.3 Å². The molecule has 4 unspecified atom stereocenters. The Morgan fingerprint density at radius 2 is 1.05 bits per heavy atom. The molecular weight excluding hydrogens is 566 g/mol. The van der Waals surface area contributed by atoms with Crippen LogP contribution in [0.3, 0.4) is 0 Å². The molecule has 41 heavy (non-hydrogen) atoms. The van der Waals surface area contributed by atoms with Crippen LogP contribution < -0.4 is 0 Å². The smallest absolute Gasteiger partial charge is 0.430 e. The van der Waals surface area contributed by atoms with E-state index in [1.54, 1.807) is 0 Å². The molecule has 6 amide bonds. The number of aliphatic hydroxyl groups excluding tert-OH is 1. The fraction of sp³-hybridized carbons (Fsp3) is 0.571. The second kappa shape index (κ2) is 12.1. The van der Waals surface area contributed by atoms with Crippen LogP contribution in [-0.4, -0.2) is 112 Å². The molecule has 4 aliphatic heterocycles. The van der Waals surface area contributed by atoms with Crippen LogP contribution in [0, 0.1) is 0 Å². The molecule has 0 spiro atoms. The first-order chi connectivity index (χ1) is 19.4. The standard InChI is InChI=1S/C21H21N3O17/c25-11-1-2-12(26)22(11)39-19(32)36-8-10-18(38-21(34)41-24-15(29)5-6-16(24)30)17(31)9(7-35-10)37-20(33)40-23-13(27)3-4-14(23)28/h9-10,17-18,31H,1-8H2. The Morgan fingerprint density at radius 3 is 1.49 bits per heavy atom. The molecule has 0 aromatic heterocycles. The minimum absolute atomic E-state index is 0.140. The number of carbonyl (C=O) groups is 9. The molecule has 4 fully saturated rings.